The second-order valence-corrected chi connectivity index (χ2v) is 4.62. The van der Waals surface area contributed by atoms with Crippen LogP contribution in [0.1, 0.15) is 28.5 Å². The number of halogens is 2. The minimum absolute atomic E-state index is 0.0586. The summed E-state index contributed by atoms with van der Waals surface area (Å²) in [5, 5.41) is 0.0586. The first kappa shape index (κ1) is 13.7. The number of hydrogen-bond donors (Lipinski definition) is 0. The van der Waals surface area contributed by atoms with Crippen molar-refractivity contribution in [1.82, 2.24) is 4.98 Å². The van der Waals surface area contributed by atoms with Crippen LogP contribution in [0.25, 0.3) is 0 Å². The minimum Gasteiger partial charge on any atom is -0.292 e. The number of carbonyl (C=O) groups excluding carboxylic acids is 1. The summed E-state index contributed by atoms with van der Waals surface area (Å²) in [4.78, 5) is 16.3. The molecule has 0 radical (unpaired) electrons. The molecule has 1 aromatic heterocycles. The molecule has 2 aromatic rings. The Morgan fingerprint density at radius 3 is 2.84 bits per heavy atom. The van der Waals surface area contributed by atoms with Crippen molar-refractivity contribution in [3.8, 4) is 0 Å². The van der Waals surface area contributed by atoms with Crippen LogP contribution in [0.15, 0.2) is 36.5 Å². The SMILES string of the molecule is CCc1cccnc1C(=O)Cc1ccc(Cl)c(F)c1. The molecule has 0 bridgehead atoms. The van der Waals surface area contributed by atoms with Gasteiger partial charge in [-0.1, -0.05) is 30.7 Å². The fourth-order valence-corrected chi connectivity index (χ4v) is 2.01. The standard InChI is InChI=1S/C15H13ClFNO/c1-2-11-4-3-7-18-15(11)14(19)9-10-5-6-12(16)13(17)8-10/h3-8H,2,9H2,1H3. The Hall–Kier alpha value is -1.74. The van der Waals surface area contributed by atoms with E-state index in [1.807, 2.05) is 13.0 Å². The number of ketones is 1. The number of pyridine rings is 1. The lowest BCUT2D eigenvalue weighted by Crippen LogP contribution is -2.09. The van der Waals surface area contributed by atoms with E-state index in [0.29, 0.717) is 11.3 Å². The summed E-state index contributed by atoms with van der Waals surface area (Å²) < 4.78 is 13.3. The predicted octanol–water partition coefficient (Wildman–Crippen LogP) is 3.86. The van der Waals surface area contributed by atoms with Crippen molar-refractivity contribution in [3.05, 3.63) is 64.2 Å². The van der Waals surface area contributed by atoms with Crippen molar-refractivity contribution in [2.24, 2.45) is 0 Å². The van der Waals surface area contributed by atoms with E-state index in [1.54, 1.807) is 18.3 Å². The lowest BCUT2D eigenvalue weighted by molar-refractivity contribution is 0.0987. The molecule has 2 nitrogen and oxygen atoms in total. The summed E-state index contributed by atoms with van der Waals surface area (Å²) in [5.41, 5.74) is 1.96. The van der Waals surface area contributed by atoms with E-state index in [2.05, 4.69) is 4.98 Å². The zero-order chi connectivity index (χ0) is 13.8. The number of rotatable bonds is 4. The van der Waals surface area contributed by atoms with E-state index < -0.39 is 5.82 Å². The smallest absolute Gasteiger partial charge is 0.185 e. The van der Waals surface area contributed by atoms with Gasteiger partial charge in [-0.3, -0.25) is 9.78 Å². The van der Waals surface area contributed by atoms with Gasteiger partial charge in [-0.25, -0.2) is 4.39 Å². The van der Waals surface area contributed by atoms with Gasteiger partial charge in [0, 0.05) is 12.6 Å². The molecule has 0 saturated carbocycles. The lowest BCUT2D eigenvalue weighted by atomic mass is 10.0. The first-order chi connectivity index (χ1) is 9.11. The average molecular weight is 278 g/mol. The van der Waals surface area contributed by atoms with Gasteiger partial charge in [0.2, 0.25) is 0 Å². The molecule has 1 aromatic carbocycles. The highest BCUT2D eigenvalue weighted by Gasteiger charge is 2.13. The molecule has 0 aliphatic rings. The van der Waals surface area contributed by atoms with E-state index in [-0.39, 0.29) is 17.2 Å². The topological polar surface area (TPSA) is 30.0 Å². The van der Waals surface area contributed by atoms with Crippen LogP contribution in [0.5, 0.6) is 0 Å². The second kappa shape index (κ2) is 5.93. The summed E-state index contributed by atoms with van der Waals surface area (Å²) in [6, 6.07) is 8.07. The Labute approximate surface area is 116 Å². The van der Waals surface area contributed by atoms with Crippen LogP contribution in [-0.2, 0) is 12.8 Å². The highest BCUT2D eigenvalue weighted by molar-refractivity contribution is 6.30. The molecule has 0 atom stereocenters. The Bertz CT molecular complexity index is 613. The second-order valence-electron chi connectivity index (χ2n) is 4.21. The maximum Gasteiger partial charge on any atom is 0.185 e. The maximum atomic E-state index is 13.3. The van der Waals surface area contributed by atoms with Crippen LogP contribution in [0.4, 0.5) is 4.39 Å². The zero-order valence-electron chi connectivity index (χ0n) is 10.5. The Morgan fingerprint density at radius 1 is 1.37 bits per heavy atom. The van der Waals surface area contributed by atoms with Gasteiger partial charge in [-0.15, -0.1) is 0 Å². The van der Waals surface area contributed by atoms with Crippen molar-refractivity contribution in [2.75, 3.05) is 0 Å². The maximum absolute atomic E-state index is 13.3. The molecular formula is C15H13ClFNO. The van der Waals surface area contributed by atoms with Crippen LogP contribution in [0, 0.1) is 5.82 Å². The number of nitrogens with zero attached hydrogens (tertiary/aromatic N) is 1. The summed E-state index contributed by atoms with van der Waals surface area (Å²) >= 11 is 5.61. The van der Waals surface area contributed by atoms with Crippen LogP contribution >= 0.6 is 11.6 Å². The molecule has 0 N–H and O–H groups in total. The van der Waals surface area contributed by atoms with Gasteiger partial charge in [-0.2, -0.15) is 0 Å². The van der Waals surface area contributed by atoms with Gasteiger partial charge in [0.15, 0.2) is 5.78 Å². The number of benzene rings is 1. The molecular weight excluding hydrogens is 265 g/mol. The van der Waals surface area contributed by atoms with E-state index in [0.717, 1.165) is 12.0 Å². The number of hydrogen-bond acceptors (Lipinski definition) is 2. The minimum atomic E-state index is -0.510. The van der Waals surface area contributed by atoms with Crippen LogP contribution < -0.4 is 0 Å². The first-order valence-electron chi connectivity index (χ1n) is 6.03. The normalized spacial score (nSPS) is 10.5. The molecule has 0 saturated heterocycles. The molecule has 98 valence electrons. The Balaban J connectivity index is 2.23. The Morgan fingerprint density at radius 2 is 2.16 bits per heavy atom. The zero-order valence-corrected chi connectivity index (χ0v) is 11.2. The molecule has 0 spiro atoms. The third-order valence-corrected chi connectivity index (χ3v) is 3.19. The summed E-state index contributed by atoms with van der Waals surface area (Å²) in [7, 11) is 0. The fourth-order valence-electron chi connectivity index (χ4n) is 1.89. The molecule has 2 rings (SSSR count). The van der Waals surface area contributed by atoms with Gasteiger partial charge >= 0.3 is 0 Å². The summed E-state index contributed by atoms with van der Waals surface area (Å²) in [6.07, 6.45) is 2.46. The molecule has 0 amide bonds. The van der Waals surface area contributed by atoms with Gasteiger partial charge in [0.05, 0.1) is 5.02 Å². The molecule has 0 aliphatic heterocycles. The highest BCUT2D eigenvalue weighted by atomic mass is 35.5. The number of carbonyl (C=O) groups is 1. The van der Waals surface area contributed by atoms with Crippen molar-refractivity contribution in [3.63, 3.8) is 0 Å². The van der Waals surface area contributed by atoms with E-state index in [4.69, 9.17) is 11.6 Å². The largest absolute Gasteiger partial charge is 0.292 e. The van der Waals surface area contributed by atoms with Crippen molar-refractivity contribution in [1.29, 1.82) is 0 Å². The van der Waals surface area contributed by atoms with Crippen molar-refractivity contribution >= 4 is 17.4 Å². The third kappa shape index (κ3) is 3.18. The van der Waals surface area contributed by atoms with Crippen molar-refractivity contribution in [2.45, 2.75) is 19.8 Å². The molecule has 4 heteroatoms. The molecule has 1 heterocycles. The third-order valence-electron chi connectivity index (χ3n) is 2.88. The number of aromatic nitrogens is 1. The van der Waals surface area contributed by atoms with Crippen molar-refractivity contribution < 1.29 is 9.18 Å². The fraction of sp³-hybridized carbons (Fsp3) is 0.200. The van der Waals surface area contributed by atoms with Gasteiger partial charge < -0.3 is 0 Å². The number of aryl methyl sites for hydroxylation is 1. The monoisotopic (exact) mass is 277 g/mol. The van der Waals surface area contributed by atoms with Gasteiger partial charge in [-0.05, 0) is 35.7 Å². The van der Waals surface area contributed by atoms with E-state index in [1.165, 1.54) is 12.1 Å². The first-order valence-corrected chi connectivity index (χ1v) is 6.40. The van der Waals surface area contributed by atoms with Gasteiger partial charge in [0.25, 0.3) is 0 Å². The summed E-state index contributed by atoms with van der Waals surface area (Å²) in [6.45, 7) is 1.97. The lowest BCUT2D eigenvalue weighted by Gasteiger charge is -2.06. The highest BCUT2D eigenvalue weighted by Crippen LogP contribution is 2.17. The average Bonchev–Trinajstić information content (AvgIpc) is 2.43. The van der Waals surface area contributed by atoms with Crippen LogP contribution in [0.3, 0.4) is 0 Å². The molecule has 19 heavy (non-hydrogen) atoms. The summed E-state index contributed by atoms with van der Waals surface area (Å²) in [5.74, 6) is -0.622. The predicted molar refractivity (Wildman–Crippen MR) is 73.1 cm³/mol. The van der Waals surface area contributed by atoms with E-state index in [9.17, 15) is 9.18 Å². The van der Waals surface area contributed by atoms with Crippen LogP contribution in [0.2, 0.25) is 5.02 Å². The van der Waals surface area contributed by atoms with Gasteiger partial charge in [0.1, 0.15) is 11.5 Å². The molecule has 0 unspecified atom stereocenters. The molecule has 0 aliphatic carbocycles. The van der Waals surface area contributed by atoms with E-state index >= 15 is 0 Å². The number of Topliss-reactive ketones (excluding diaryl/α,β-unsaturated/α-hetero) is 1. The Kier molecular flexibility index (Phi) is 4.27. The quantitative estimate of drug-likeness (QED) is 0.794. The van der Waals surface area contributed by atoms with Crippen LogP contribution in [-0.4, -0.2) is 10.8 Å². The molecule has 0 fully saturated rings.